The number of aromatic nitrogens is 3. The normalized spacial score (nSPS) is 24.5. The van der Waals surface area contributed by atoms with E-state index < -0.39 is 21.3 Å². The van der Waals surface area contributed by atoms with Crippen LogP contribution in [-0.2, 0) is 16.4 Å². The van der Waals surface area contributed by atoms with Gasteiger partial charge in [-0.1, -0.05) is 11.2 Å². The maximum atomic E-state index is 12.1. The van der Waals surface area contributed by atoms with Gasteiger partial charge in [-0.2, -0.15) is 4.31 Å². The van der Waals surface area contributed by atoms with Gasteiger partial charge in [-0.25, -0.2) is 17.8 Å². The second-order valence-corrected chi connectivity index (χ2v) is 10.2. The molecule has 2 saturated heterocycles. The van der Waals surface area contributed by atoms with Crippen LogP contribution in [0.1, 0.15) is 31.2 Å². The Balaban J connectivity index is 1.43. The molecule has 0 saturated carbocycles. The quantitative estimate of drug-likeness (QED) is 0.669. The highest BCUT2D eigenvalue weighted by atomic mass is 32.2. The van der Waals surface area contributed by atoms with Crippen molar-refractivity contribution in [3.63, 3.8) is 0 Å². The van der Waals surface area contributed by atoms with Crippen LogP contribution in [0, 0.1) is 5.92 Å². The summed E-state index contributed by atoms with van der Waals surface area (Å²) in [5, 5.41) is 4.70. The van der Waals surface area contributed by atoms with Gasteiger partial charge in [0, 0.05) is 24.3 Å². The Bertz CT molecular complexity index is 1320. The van der Waals surface area contributed by atoms with E-state index in [0.717, 1.165) is 37.7 Å². The van der Waals surface area contributed by atoms with Crippen LogP contribution < -0.4 is 11.2 Å². The van der Waals surface area contributed by atoms with E-state index in [2.05, 4.69) is 10.1 Å². The number of sulfonamides is 1. The van der Waals surface area contributed by atoms with Gasteiger partial charge in [0.15, 0.2) is 11.4 Å². The van der Waals surface area contributed by atoms with Gasteiger partial charge in [-0.3, -0.25) is 9.78 Å². The first kappa shape index (κ1) is 19.3. The molecule has 9 nitrogen and oxygen atoms in total. The number of nitrogens with one attached hydrogen (secondary N) is 1. The number of fused-ring (bicyclic) bond motifs is 3. The van der Waals surface area contributed by atoms with Crippen molar-refractivity contribution in [3.05, 3.63) is 56.9 Å². The monoisotopic (exact) mass is 430 g/mol. The topological polar surface area (TPSA) is 118 Å². The van der Waals surface area contributed by atoms with Gasteiger partial charge in [-0.05, 0) is 55.7 Å². The number of rotatable bonds is 4. The zero-order valence-electron chi connectivity index (χ0n) is 16.4. The minimum Gasteiger partial charge on any atom is -0.354 e. The van der Waals surface area contributed by atoms with Gasteiger partial charge in [0.25, 0.3) is 5.56 Å². The molecule has 5 rings (SSSR count). The van der Waals surface area contributed by atoms with Gasteiger partial charge >= 0.3 is 5.69 Å². The predicted octanol–water partition coefficient (Wildman–Crippen LogP) is 1.41. The summed E-state index contributed by atoms with van der Waals surface area (Å²) in [5.41, 5.74) is 0.591. The Morgan fingerprint density at radius 3 is 2.57 bits per heavy atom. The summed E-state index contributed by atoms with van der Waals surface area (Å²) in [6, 6.07) is 7.23. The van der Waals surface area contributed by atoms with E-state index in [1.165, 1.54) is 23.1 Å². The lowest BCUT2D eigenvalue weighted by Crippen LogP contribution is -2.46. The van der Waals surface area contributed by atoms with Crippen molar-refractivity contribution < 1.29 is 12.9 Å². The zero-order valence-corrected chi connectivity index (χ0v) is 17.3. The summed E-state index contributed by atoms with van der Waals surface area (Å²) in [5.74, 6) is 0.733. The van der Waals surface area contributed by atoms with Crippen molar-refractivity contribution in [1.82, 2.24) is 19.0 Å². The van der Waals surface area contributed by atoms with Crippen molar-refractivity contribution in [3.8, 4) is 5.82 Å². The van der Waals surface area contributed by atoms with Crippen molar-refractivity contribution in [2.24, 2.45) is 5.92 Å². The van der Waals surface area contributed by atoms with Gasteiger partial charge in [0.05, 0.1) is 11.6 Å². The maximum Gasteiger partial charge on any atom is 0.334 e. The second-order valence-electron chi connectivity index (χ2n) is 8.34. The SMILES string of the molecule is CS(=O)(=O)N1[C@@H]2CC[C@H]1CC(Cc1ccc3onc(-n4ccc(=O)[nH]c4=O)c3c1)C2. The van der Waals surface area contributed by atoms with E-state index in [9.17, 15) is 18.0 Å². The summed E-state index contributed by atoms with van der Waals surface area (Å²) in [6.07, 6.45) is 7.08. The van der Waals surface area contributed by atoms with Gasteiger partial charge in [0.2, 0.25) is 10.0 Å². The largest absolute Gasteiger partial charge is 0.354 e. The number of aromatic amines is 1. The number of piperidine rings is 1. The Kier molecular flexibility index (Phi) is 4.44. The molecule has 3 aromatic rings. The molecule has 3 atom stereocenters. The maximum absolute atomic E-state index is 12.1. The first-order chi connectivity index (χ1) is 14.3. The third-order valence-corrected chi connectivity index (χ3v) is 7.60. The number of H-pyrrole nitrogens is 1. The fourth-order valence-electron chi connectivity index (χ4n) is 5.15. The molecule has 1 unspecified atom stereocenters. The minimum absolute atomic E-state index is 0.0957. The molecule has 2 aliphatic rings. The molecule has 10 heteroatoms. The molecule has 158 valence electrons. The fourth-order valence-corrected chi connectivity index (χ4v) is 6.61. The number of nitrogens with zero attached hydrogens (tertiary/aromatic N) is 3. The second kappa shape index (κ2) is 6.92. The summed E-state index contributed by atoms with van der Waals surface area (Å²) < 4.78 is 32.5. The highest BCUT2D eigenvalue weighted by molar-refractivity contribution is 7.88. The highest BCUT2D eigenvalue weighted by Gasteiger charge is 2.44. The number of hydrogen-bond donors (Lipinski definition) is 1. The molecule has 0 spiro atoms. The summed E-state index contributed by atoms with van der Waals surface area (Å²) >= 11 is 0. The van der Waals surface area contributed by atoms with E-state index in [1.54, 1.807) is 4.31 Å². The first-order valence-corrected chi connectivity index (χ1v) is 11.8. The van der Waals surface area contributed by atoms with E-state index in [1.807, 2.05) is 18.2 Å². The zero-order chi connectivity index (χ0) is 21.0. The van der Waals surface area contributed by atoms with Crippen LogP contribution in [0.3, 0.4) is 0 Å². The van der Waals surface area contributed by atoms with Gasteiger partial charge in [-0.15, -0.1) is 0 Å². The fraction of sp³-hybridized carbons (Fsp3) is 0.450. The third kappa shape index (κ3) is 3.29. The summed E-state index contributed by atoms with van der Waals surface area (Å²) in [7, 11) is -3.17. The highest BCUT2D eigenvalue weighted by Crippen LogP contribution is 2.41. The Hall–Kier alpha value is -2.72. The molecule has 1 N–H and O–H groups in total. The Morgan fingerprint density at radius 1 is 1.17 bits per heavy atom. The predicted molar refractivity (Wildman–Crippen MR) is 110 cm³/mol. The van der Waals surface area contributed by atoms with Crippen LogP contribution in [0.15, 0.2) is 44.6 Å². The Morgan fingerprint density at radius 2 is 1.90 bits per heavy atom. The van der Waals surface area contributed by atoms with Crippen LogP contribution >= 0.6 is 0 Å². The van der Waals surface area contributed by atoms with Gasteiger partial charge in [0.1, 0.15) is 0 Å². The van der Waals surface area contributed by atoms with Crippen LogP contribution in [0.2, 0.25) is 0 Å². The molecule has 2 aromatic heterocycles. The molecule has 2 aliphatic heterocycles. The lowest BCUT2D eigenvalue weighted by Gasteiger charge is -2.37. The molecule has 1 aromatic carbocycles. The van der Waals surface area contributed by atoms with Crippen LogP contribution in [-0.4, -0.2) is 45.8 Å². The molecular weight excluding hydrogens is 408 g/mol. The number of benzene rings is 1. The van der Waals surface area contributed by atoms with Gasteiger partial charge < -0.3 is 4.52 Å². The summed E-state index contributed by atoms with van der Waals surface area (Å²) in [6.45, 7) is 0. The number of hydrogen-bond acceptors (Lipinski definition) is 6. The summed E-state index contributed by atoms with van der Waals surface area (Å²) in [4.78, 5) is 25.7. The van der Waals surface area contributed by atoms with E-state index in [-0.39, 0.29) is 12.1 Å². The third-order valence-electron chi connectivity index (χ3n) is 6.24. The Labute approximate surface area is 172 Å². The standard InChI is InChI=1S/C20H22N4O5S/c1-30(27,28)24-14-3-4-15(24)10-13(9-14)8-12-2-5-17-16(11-12)19(22-29-17)23-7-6-18(25)21-20(23)26/h2,5-7,11,13-15H,3-4,8-10H2,1H3,(H,21,25,26)/t13?,14-,15+. The lowest BCUT2D eigenvalue weighted by atomic mass is 9.87. The smallest absolute Gasteiger partial charge is 0.334 e. The van der Waals surface area contributed by atoms with Crippen LogP contribution in [0.25, 0.3) is 16.8 Å². The molecule has 0 radical (unpaired) electrons. The van der Waals surface area contributed by atoms with Crippen molar-refractivity contribution in [1.29, 1.82) is 0 Å². The average molecular weight is 430 g/mol. The molecule has 4 heterocycles. The lowest BCUT2D eigenvalue weighted by molar-refractivity contribution is 0.191. The first-order valence-electron chi connectivity index (χ1n) is 9.99. The van der Waals surface area contributed by atoms with Crippen LogP contribution in [0.4, 0.5) is 0 Å². The van der Waals surface area contributed by atoms with Crippen molar-refractivity contribution >= 4 is 21.0 Å². The van der Waals surface area contributed by atoms with Crippen molar-refractivity contribution in [2.45, 2.75) is 44.2 Å². The molecule has 30 heavy (non-hydrogen) atoms. The van der Waals surface area contributed by atoms with E-state index in [0.29, 0.717) is 22.7 Å². The molecule has 0 amide bonds. The molecule has 2 bridgehead atoms. The van der Waals surface area contributed by atoms with Crippen molar-refractivity contribution in [2.75, 3.05) is 6.26 Å². The molecule has 0 aliphatic carbocycles. The van der Waals surface area contributed by atoms with E-state index in [4.69, 9.17) is 4.52 Å². The average Bonchev–Trinajstić information content (AvgIpc) is 3.20. The minimum atomic E-state index is -3.17. The molecule has 2 fully saturated rings. The van der Waals surface area contributed by atoms with Crippen LogP contribution in [0.5, 0.6) is 0 Å². The molecular formula is C20H22N4O5S. The van der Waals surface area contributed by atoms with E-state index >= 15 is 0 Å².